The van der Waals surface area contributed by atoms with E-state index in [1.807, 2.05) is 12.1 Å². The van der Waals surface area contributed by atoms with Crippen molar-refractivity contribution >= 4 is 21.6 Å². The van der Waals surface area contributed by atoms with E-state index in [1.165, 1.54) is 6.07 Å². The maximum absolute atomic E-state index is 12.5. The molecule has 1 heterocycles. The zero-order chi connectivity index (χ0) is 17.2. The van der Waals surface area contributed by atoms with Crippen LogP contribution in [0, 0.1) is 0 Å². The Morgan fingerprint density at radius 1 is 1.12 bits per heavy atom. The molecule has 3 rings (SSSR count). The van der Waals surface area contributed by atoms with Crippen molar-refractivity contribution in [3.63, 3.8) is 0 Å². The first-order valence-corrected chi connectivity index (χ1v) is 9.01. The van der Waals surface area contributed by atoms with Crippen molar-refractivity contribution in [1.82, 2.24) is 4.72 Å². The standard InChI is InChI=1S/C17H18N2O4S/c1-23-14-5-2-12(3-6-14)11-18-24(21,22)15-7-8-16-13(10-15)4-9-17(20)19-16/h2-3,5-8,10,18H,4,9,11H2,1H3,(H,19,20). The number of ether oxygens (including phenoxy) is 1. The minimum absolute atomic E-state index is 0.0456. The van der Waals surface area contributed by atoms with Gasteiger partial charge in [-0.15, -0.1) is 0 Å². The number of hydrogen-bond acceptors (Lipinski definition) is 4. The molecule has 1 amide bonds. The fourth-order valence-electron chi connectivity index (χ4n) is 2.53. The van der Waals surface area contributed by atoms with Gasteiger partial charge in [-0.05, 0) is 47.9 Å². The number of hydrogen-bond donors (Lipinski definition) is 2. The Morgan fingerprint density at radius 2 is 1.88 bits per heavy atom. The molecule has 126 valence electrons. The van der Waals surface area contributed by atoms with Crippen LogP contribution in [-0.2, 0) is 27.8 Å². The van der Waals surface area contributed by atoms with E-state index in [-0.39, 0.29) is 17.3 Å². The first-order chi connectivity index (χ1) is 11.5. The molecule has 2 aromatic carbocycles. The summed E-state index contributed by atoms with van der Waals surface area (Å²) >= 11 is 0. The number of sulfonamides is 1. The molecule has 0 unspecified atom stereocenters. The zero-order valence-corrected chi connectivity index (χ0v) is 14.0. The lowest BCUT2D eigenvalue weighted by molar-refractivity contribution is -0.116. The van der Waals surface area contributed by atoms with Crippen LogP contribution in [0.1, 0.15) is 17.5 Å². The summed E-state index contributed by atoms with van der Waals surface area (Å²) in [7, 11) is -2.04. The lowest BCUT2D eigenvalue weighted by Gasteiger charge is -2.17. The van der Waals surface area contributed by atoms with E-state index in [9.17, 15) is 13.2 Å². The molecule has 0 aromatic heterocycles. The highest BCUT2D eigenvalue weighted by molar-refractivity contribution is 7.89. The monoisotopic (exact) mass is 346 g/mol. The minimum atomic E-state index is -3.62. The third kappa shape index (κ3) is 3.58. The largest absolute Gasteiger partial charge is 0.497 e. The molecular formula is C17H18N2O4S. The number of carbonyl (C=O) groups excluding carboxylic acids is 1. The SMILES string of the molecule is COc1ccc(CNS(=O)(=O)c2ccc3c(c2)CCC(=O)N3)cc1. The van der Waals surface area contributed by atoms with Gasteiger partial charge in [-0.25, -0.2) is 13.1 Å². The van der Waals surface area contributed by atoms with E-state index in [0.29, 0.717) is 18.5 Å². The molecule has 0 bridgehead atoms. The van der Waals surface area contributed by atoms with Gasteiger partial charge in [0.1, 0.15) is 5.75 Å². The first kappa shape index (κ1) is 16.5. The average molecular weight is 346 g/mol. The summed E-state index contributed by atoms with van der Waals surface area (Å²) in [5, 5.41) is 2.74. The molecule has 1 aliphatic rings. The summed E-state index contributed by atoms with van der Waals surface area (Å²) in [6.07, 6.45) is 0.915. The van der Waals surface area contributed by atoms with Gasteiger partial charge in [0, 0.05) is 18.7 Å². The molecule has 2 aromatic rings. The van der Waals surface area contributed by atoms with Crippen molar-refractivity contribution in [2.75, 3.05) is 12.4 Å². The molecule has 0 fully saturated rings. The molecular weight excluding hydrogens is 328 g/mol. The third-order valence-electron chi connectivity index (χ3n) is 3.91. The van der Waals surface area contributed by atoms with Crippen LogP contribution in [0.15, 0.2) is 47.4 Å². The Morgan fingerprint density at radius 3 is 2.58 bits per heavy atom. The molecule has 0 spiro atoms. The van der Waals surface area contributed by atoms with Crippen LogP contribution in [0.4, 0.5) is 5.69 Å². The van der Waals surface area contributed by atoms with Gasteiger partial charge in [-0.2, -0.15) is 0 Å². The van der Waals surface area contributed by atoms with E-state index in [1.54, 1.807) is 31.4 Å². The number of benzene rings is 2. The Labute approximate surface area is 140 Å². The summed E-state index contributed by atoms with van der Waals surface area (Å²) in [6, 6.07) is 11.9. The summed E-state index contributed by atoms with van der Waals surface area (Å²) in [6.45, 7) is 0.195. The fourth-order valence-corrected chi connectivity index (χ4v) is 3.60. The quantitative estimate of drug-likeness (QED) is 0.868. The smallest absolute Gasteiger partial charge is 0.240 e. The lowest BCUT2D eigenvalue weighted by atomic mass is 10.0. The maximum atomic E-state index is 12.5. The molecule has 0 saturated heterocycles. The highest BCUT2D eigenvalue weighted by atomic mass is 32.2. The number of aryl methyl sites for hydroxylation is 1. The van der Waals surface area contributed by atoms with Crippen molar-refractivity contribution in [1.29, 1.82) is 0 Å². The van der Waals surface area contributed by atoms with Crippen molar-refractivity contribution in [2.45, 2.75) is 24.3 Å². The predicted molar refractivity (Wildman–Crippen MR) is 90.4 cm³/mol. The van der Waals surface area contributed by atoms with Gasteiger partial charge in [0.2, 0.25) is 15.9 Å². The highest BCUT2D eigenvalue weighted by Crippen LogP contribution is 2.25. The van der Waals surface area contributed by atoms with Gasteiger partial charge in [0.05, 0.1) is 12.0 Å². The normalized spacial score (nSPS) is 14.0. The molecule has 24 heavy (non-hydrogen) atoms. The Kier molecular flexibility index (Phi) is 4.55. The Balaban J connectivity index is 1.74. The van der Waals surface area contributed by atoms with E-state index in [0.717, 1.165) is 16.9 Å². The number of amides is 1. The second-order valence-electron chi connectivity index (χ2n) is 5.54. The van der Waals surface area contributed by atoms with E-state index >= 15 is 0 Å². The summed E-state index contributed by atoms with van der Waals surface area (Å²) in [5.74, 6) is 0.675. The van der Waals surface area contributed by atoms with Crippen molar-refractivity contribution in [2.24, 2.45) is 0 Å². The number of anilines is 1. The molecule has 0 saturated carbocycles. The lowest BCUT2D eigenvalue weighted by Crippen LogP contribution is -2.24. The van der Waals surface area contributed by atoms with Gasteiger partial charge in [0.15, 0.2) is 0 Å². The van der Waals surface area contributed by atoms with Crippen LogP contribution in [-0.4, -0.2) is 21.4 Å². The fraction of sp³-hybridized carbons (Fsp3) is 0.235. The summed E-state index contributed by atoms with van der Waals surface area (Å²) in [4.78, 5) is 11.6. The number of fused-ring (bicyclic) bond motifs is 1. The molecule has 0 radical (unpaired) electrons. The average Bonchev–Trinajstić information content (AvgIpc) is 2.60. The highest BCUT2D eigenvalue weighted by Gasteiger charge is 2.19. The van der Waals surface area contributed by atoms with Gasteiger partial charge < -0.3 is 10.1 Å². The van der Waals surface area contributed by atoms with Gasteiger partial charge in [0.25, 0.3) is 0 Å². The van der Waals surface area contributed by atoms with Crippen LogP contribution in [0.3, 0.4) is 0 Å². The van der Waals surface area contributed by atoms with E-state index < -0.39 is 10.0 Å². The molecule has 2 N–H and O–H groups in total. The summed E-state index contributed by atoms with van der Waals surface area (Å²) < 4.78 is 32.6. The molecule has 0 atom stereocenters. The number of rotatable bonds is 5. The third-order valence-corrected chi connectivity index (χ3v) is 5.31. The van der Waals surface area contributed by atoms with Crippen LogP contribution in [0.5, 0.6) is 5.75 Å². The van der Waals surface area contributed by atoms with Crippen LogP contribution in [0.25, 0.3) is 0 Å². The number of methoxy groups -OCH3 is 1. The van der Waals surface area contributed by atoms with Crippen molar-refractivity contribution in [3.05, 3.63) is 53.6 Å². The predicted octanol–water partition coefficient (Wildman–Crippen LogP) is 2.06. The molecule has 0 aliphatic carbocycles. The number of nitrogens with one attached hydrogen (secondary N) is 2. The van der Waals surface area contributed by atoms with Gasteiger partial charge in [-0.1, -0.05) is 12.1 Å². The molecule has 7 heteroatoms. The van der Waals surface area contributed by atoms with Crippen LogP contribution in [0.2, 0.25) is 0 Å². The topological polar surface area (TPSA) is 84.5 Å². The minimum Gasteiger partial charge on any atom is -0.497 e. The van der Waals surface area contributed by atoms with Crippen molar-refractivity contribution in [3.8, 4) is 5.75 Å². The Bertz CT molecular complexity index is 861. The van der Waals surface area contributed by atoms with Crippen LogP contribution < -0.4 is 14.8 Å². The maximum Gasteiger partial charge on any atom is 0.240 e. The second-order valence-corrected chi connectivity index (χ2v) is 7.31. The number of carbonyl (C=O) groups is 1. The van der Waals surface area contributed by atoms with Gasteiger partial charge >= 0.3 is 0 Å². The Hall–Kier alpha value is -2.38. The van der Waals surface area contributed by atoms with E-state index in [4.69, 9.17) is 4.74 Å². The molecule has 1 aliphatic heterocycles. The summed E-state index contributed by atoms with van der Waals surface area (Å²) in [5.41, 5.74) is 2.35. The first-order valence-electron chi connectivity index (χ1n) is 7.53. The van der Waals surface area contributed by atoms with Gasteiger partial charge in [-0.3, -0.25) is 4.79 Å². The van der Waals surface area contributed by atoms with Crippen molar-refractivity contribution < 1.29 is 17.9 Å². The van der Waals surface area contributed by atoms with E-state index in [2.05, 4.69) is 10.0 Å². The van der Waals surface area contributed by atoms with Crippen LogP contribution >= 0.6 is 0 Å². The molecule has 6 nitrogen and oxygen atoms in total. The zero-order valence-electron chi connectivity index (χ0n) is 13.2. The second kappa shape index (κ2) is 6.62.